The van der Waals surface area contributed by atoms with Gasteiger partial charge in [-0.1, -0.05) is 6.92 Å². The Kier molecular flexibility index (Phi) is 14.8. The summed E-state index contributed by atoms with van der Waals surface area (Å²) >= 11 is 0. The predicted molar refractivity (Wildman–Crippen MR) is 30.3 cm³/mol. The van der Waals surface area contributed by atoms with Crippen LogP contribution in [0, 0.1) is 0 Å². The van der Waals surface area contributed by atoms with Crippen molar-refractivity contribution in [2.24, 2.45) is 0 Å². The van der Waals surface area contributed by atoms with Crippen LogP contribution in [0.4, 0.5) is 0 Å². The molecule has 0 aliphatic carbocycles. The fraction of sp³-hybridized carbons (Fsp3) is 1.00. The molecule has 3 heteroatoms. The first-order valence-corrected chi connectivity index (χ1v) is 2.64. The Morgan fingerprint density at radius 3 is 2.38 bits per heavy atom. The van der Waals surface area contributed by atoms with Gasteiger partial charge in [0.15, 0.2) is 0 Å². The van der Waals surface area contributed by atoms with Gasteiger partial charge in [0, 0.05) is 31.8 Å². The minimum atomic E-state index is 0. The van der Waals surface area contributed by atoms with Gasteiger partial charge in [0.1, 0.15) is 0 Å². The van der Waals surface area contributed by atoms with E-state index in [-0.39, 0.29) is 18.6 Å². The van der Waals surface area contributed by atoms with Gasteiger partial charge >= 0.3 is 0 Å². The van der Waals surface area contributed by atoms with E-state index < -0.39 is 0 Å². The van der Waals surface area contributed by atoms with E-state index in [9.17, 15) is 0 Å². The van der Waals surface area contributed by atoms with E-state index in [0.717, 1.165) is 13.0 Å². The second-order valence-corrected chi connectivity index (χ2v) is 1.36. The van der Waals surface area contributed by atoms with Crippen LogP contribution >= 0.6 is 0 Å². The molecule has 0 heterocycles. The van der Waals surface area contributed by atoms with Crippen molar-refractivity contribution < 1.29 is 23.3 Å². The molecule has 0 aliphatic heterocycles. The largest absolute Gasteiger partial charge is 0.676 e. The van der Waals surface area contributed by atoms with Gasteiger partial charge in [-0.15, -0.1) is 6.54 Å². The Morgan fingerprint density at radius 2 is 2.00 bits per heavy atom. The number of rotatable bonds is 4. The van der Waals surface area contributed by atoms with Gasteiger partial charge in [0.25, 0.3) is 0 Å². The Bertz CT molecular complexity index is 31.6. The van der Waals surface area contributed by atoms with Crippen molar-refractivity contribution in [2.45, 2.75) is 13.3 Å². The zero-order chi connectivity index (χ0) is 5.54. The van der Waals surface area contributed by atoms with Crippen LogP contribution in [-0.2, 0) is 23.3 Å². The van der Waals surface area contributed by atoms with E-state index in [1.54, 1.807) is 0 Å². The molecule has 0 atom stereocenters. The van der Waals surface area contributed by atoms with Crippen LogP contribution in [0.2, 0.25) is 0 Å². The first-order valence-electron chi connectivity index (χ1n) is 2.64. The molecule has 0 aromatic carbocycles. The summed E-state index contributed by atoms with van der Waals surface area (Å²) in [5.74, 6) is 0. The summed E-state index contributed by atoms with van der Waals surface area (Å²) in [6.45, 7) is 3.84. The molecule has 8 heavy (non-hydrogen) atoms. The summed E-state index contributed by atoms with van der Waals surface area (Å²) in [4.78, 5) is 0. The zero-order valence-corrected chi connectivity index (χ0v) is 6.58. The molecule has 2 nitrogen and oxygen atoms in total. The van der Waals surface area contributed by atoms with Crippen LogP contribution in [0.25, 0.3) is 5.73 Å². The average Bonchev–Trinajstić information content (AvgIpc) is 1.69. The fourth-order valence-corrected chi connectivity index (χ4v) is 0.319. The van der Waals surface area contributed by atoms with Crippen molar-refractivity contribution in [3.63, 3.8) is 0 Å². The molecule has 0 saturated heterocycles. The topological polar surface area (TPSA) is 33.0 Å². The van der Waals surface area contributed by atoms with Crippen molar-refractivity contribution in [1.29, 1.82) is 0 Å². The summed E-state index contributed by atoms with van der Waals surface area (Å²) in [5.41, 5.74) is 6.66. The molecule has 0 aromatic heterocycles. The van der Waals surface area contributed by atoms with Crippen molar-refractivity contribution in [1.82, 2.24) is 0 Å². The van der Waals surface area contributed by atoms with Crippen LogP contribution in [0.15, 0.2) is 0 Å². The number of nitrogens with one attached hydrogen (secondary N) is 1. The molecule has 0 unspecified atom stereocenters. The van der Waals surface area contributed by atoms with Gasteiger partial charge < -0.3 is 10.5 Å². The molecule has 0 aliphatic rings. The summed E-state index contributed by atoms with van der Waals surface area (Å²) in [6.07, 6.45) is 1.06. The molecule has 0 bridgehead atoms. The van der Waals surface area contributed by atoms with Gasteiger partial charge in [-0.3, -0.25) is 0 Å². The van der Waals surface area contributed by atoms with Crippen LogP contribution in [0.5, 0.6) is 0 Å². The maximum atomic E-state index is 6.66. The van der Waals surface area contributed by atoms with E-state index in [1.807, 2.05) is 0 Å². The predicted octanol–water partition coefficient (Wildman–Crippen LogP) is 1.46. The van der Waals surface area contributed by atoms with Crippen molar-refractivity contribution in [3.8, 4) is 0 Å². The summed E-state index contributed by atoms with van der Waals surface area (Å²) in [6, 6.07) is 0. The van der Waals surface area contributed by atoms with Gasteiger partial charge in [0.2, 0.25) is 0 Å². The standard InChI is InChI=1S/C5H12NO.V/c1-2-4-7-5-3-6;/h6H,2-5H2,1H3;/q-1;. The fourth-order valence-electron chi connectivity index (χ4n) is 0.319. The van der Waals surface area contributed by atoms with Gasteiger partial charge in [0.05, 0.1) is 0 Å². The maximum Gasteiger partial charge on any atom is 0.0462 e. The summed E-state index contributed by atoms with van der Waals surface area (Å²) in [5, 5.41) is 0. The van der Waals surface area contributed by atoms with E-state index in [2.05, 4.69) is 6.92 Å². The number of hydrogen-bond acceptors (Lipinski definition) is 1. The molecule has 0 rings (SSSR count). The van der Waals surface area contributed by atoms with Crippen LogP contribution in [0.3, 0.4) is 0 Å². The molecule has 1 N–H and O–H groups in total. The monoisotopic (exact) mass is 153 g/mol. The molecule has 1 radical (unpaired) electrons. The number of ether oxygens (including phenoxy) is 1. The van der Waals surface area contributed by atoms with Crippen molar-refractivity contribution in [2.75, 3.05) is 19.8 Å². The molecular weight excluding hydrogens is 141 g/mol. The third kappa shape index (κ3) is 9.71. The van der Waals surface area contributed by atoms with Crippen molar-refractivity contribution in [3.05, 3.63) is 5.73 Å². The number of hydrogen-bond donors (Lipinski definition) is 0. The molecule has 0 amide bonds. The van der Waals surface area contributed by atoms with Crippen LogP contribution < -0.4 is 0 Å². The van der Waals surface area contributed by atoms with Crippen molar-refractivity contribution >= 4 is 0 Å². The first kappa shape index (κ1) is 11.3. The smallest absolute Gasteiger partial charge is 0.0462 e. The zero-order valence-electron chi connectivity index (χ0n) is 5.18. The minimum Gasteiger partial charge on any atom is -0.676 e. The molecule has 0 aromatic rings. The van der Waals surface area contributed by atoms with Gasteiger partial charge in [-0.2, -0.15) is 0 Å². The Balaban J connectivity index is 0. The van der Waals surface area contributed by atoms with Gasteiger partial charge in [-0.25, -0.2) is 0 Å². The van der Waals surface area contributed by atoms with E-state index >= 15 is 0 Å². The maximum absolute atomic E-state index is 6.66. The SMILES string of the molecule is CCCOCC[NH-].[V]. The minimum absolute atomic E-state index is 0. The molecule has 0 spiro atoms. The van der Waals surface area contributed by atoms with Gasteiger partial charge in [-0.05, 0) is 6.42 Å². The van der Waals surface area contributed by atoms with Crippen LogP contribution in [-0.4, -0.2) is 19.8 Å². The molecular formula is C5H12NOV-. The van der Waals surface area contributed by atoms with Crippen LogP contribution in [0.1, 0.15) is 13.3 Å². The summed E-state index contributed by atoms with van der Waals surface area (Å²) in [7, 11) is 0. The van der Waals surface area contributed by atoms with E-state index in [4.69, 9.17) is 10.5 Å². The van der Waals surface area contributed by atoms with E-state index in [0.29, 0.717) is 13.2 Å². The molecule has 49 valence electrons. The second-order valence-electron chi connectivity index (χ2n) is 1.36. The average molecular weight is 153 g/mol. The molecule has 0 saturated carbocycles. The normalized spacial score (nSPS) is 8.25. The quantitative estimate of drug-likeness (QED) is 0.563. The third-order valence-electron chi connectivity index (χ3n) is 0.595. The third-order valence-corrected chi connectivity index (χ3v) is 0.595. The van der Waals surface area contributed by atoms with E-state index in [1.165, 1.54) is 0 Å². The molecule has 0 fully saturated rings. The second kappa shape index (κ2) is 10.5. The Hall–Kier alpha value is 0.504. The first-order chi connectivity index (χ1) is 3.41. The Morgan fingerprint density at radius 1 is 1.38 bits per heavy atom. The summed E-state index contributed by atoms with van der Waals surface area (Å²) < 4.78 is 4.94. The Labute approximate surface area is 62.7 Å².